The van der Waals surface area contributed by atoms with Gasteiger partial charge in [0.25, 0.3) is 0 Å². The van der Waals surface area contributed by atoms with Gasteiger partial charge < -0.3 is 9.47 Å². The summed E-state index contributed by atoms with van der Waals surface area (Å²) >= 11 is 0. The minimum Gasteiger partial charge on any atom is -0.382 e. The molecule has 0 heterocycles. The molecular weight excluding hydrogens is 190 g/mol. The summed E-state index contributed by atoms with van der Waals surface area (Å²) in [7, 11) is 3.30. The third-order valence-electron chi connectivity index (χ3n) is 2.18. The molecule has 0 N–H and O–H groups in total. The lowest BCUT2D eigenvalue weighted by Gasteiger charge is -2.28. The molecule has 0 unspecified atom stereocenters. The summed E-state index contributed by atoms with van der Waals surface area (Å²) in [6, 6.07) is 1.38. The highest BCUT2D eigenvalue weighted by atomic mass is 16.5. The smallest absolute Gasteiger partial charge is 0.0696 e. The summed E-state index contributed by atoms with van der Waals surface area (Å²) < 4.78 is 9.31. The number of methoxy groups -OCH3 is 2. The lowest BCUT2D eigenvalue weighted by Crippen LogP contribution is -2.36. The van der Waals surface area contributed by atoms with Gasteiger partial charge in [-0.3, -0.25) is 4.90 Å². The van der Waals surface area contributed by atoms with Crippen molar-refractivity contribution in [2.24, 2.45) is 0 Å². The van der Waals surface area contributed by atoms with Crippen molar-refractivity contribution in [3.05, 3.63) is 0 Å². The Bertz CT molecular complexity index is 104. The van der Waals surface area contributed by atoms with E-state index in [0.717, 1.165) is 6.54 Å². The van der Waals surface area contributed by atoms with E-state index >= 15 is 0 Å². The number of hydrogen-bond acceptors (Lipinski definition) is 3. The van der Waals surface area contributed by atoms with Crippen molar-refractivity contribution in [3.8, 4) is 0 Å². The Hall–Kier alpha value is -0.120. The Morgan fingerprint density at radius 2 is 1.20 bits per heavy atom. The Labute approximate surface area is 95.7 Å². The van der Waals surface area contributed by atoms with Crippen molar-refractivity contribution in [1.29, 1.82) is 0 Å². The molecule has 0 saturated carbocycles. The third-order valence-corrected chi connectivity index (χ3v) is 2.18. The maximum Gasteiger partial charge on any atom is 0.0696 e. The Balaban J connectivity index is 0. The average molecular weight is 219 g/mol. The third kappa shape index (κ3) is 11.8. The van der Waals surface area contributed by atoms with Gasteiger partial charge in [0.2, 0.25) is 0 Å². The van der Waals surface area contributed by atoms with Crippen molar-refractivity contribution in [2.45, 2.75) is 46.7 Å². The molecule has 0 aliphatic rings. The van der Waals surface area contributed by atoms with Crippen molar-refractivity contribution in [2.75, 3.05) is 34.0 Å². The van der Waals surface area contributed by atoms with Crippen molar-refractivity contribution in [1.82, 2.24) is 4.90 Å². The monoisotopic (exact) mass is 219 g/mol. The molecule has 0 aromatic carbocycles. The fraction of sp³-hybridized carbons (Fsp3) is 1.00. The summed E-state index contributed by atoms with van der Waals surface area (Å²) in [6.45, 7) is 13.7. The largest absolute Gasteiger partial charge is 0.382 e. The Morgan fingerprint density at radius 1 is 0.867 bits per heavy atom. The molecule has 0 aromatic rings. The zero-order valence-corrected chi connectivity index (χ0v) is 11.5. The van der Waals surface area contributed by atoms with E-state index < -0.39 is 0 Å². The van der Waals surface area contributed by atoms with E-state index in [1.807, 2.05) is 0 Å². The van der Waals surface area contributed by atoms with Crippen LogP contribution in [0.4, 0.5) is 0 Å². The van der Waals surface area contributed by atoms with Gasteiger partial charge in [0.1, 0.15) is 0 Å². The van der Waals surface area contributed by atoms with Crippen molar-refractivity contribution >= 4 is 0 Å². The normalized spacial score (nSPS) is 10.8. The summed E-state index contributed by atoms with van der Waals surface area (Å²) in [5, 5.41) is 0. The van der Waals surface area contributed by atoms with E-state index in [9.17, 15) is 0 Å². The summed E-state index contributed by atoms with van der Waals surface area (Å²) in [6.07, 6.45) is 0. The van der Waals surface area contributed by atoms with Gasteiger partial charge in [-0.15, -0.1) is 0 Å². The second kappa shape index (κ2) is 12.0. The summed E-state index contributed by atoms with van der Waals surface area (Å²) in [5.41, 5.74) is 0. The molecular formula is C12H29NO2. The van der Waals surface area contributed by atoms with E-state index in [1.54, 1.807) is 14.2 Å². The van der Waals surface area contributed by atoms with Gasteiger partial charge in [-0.25, -0.2) is 0 Å². The average Bonchev–Trinajstić information content (AvgIpc) is 2.15. The predicted molar refractivity (Wildman–Crippen MR) is 66.4 cm³/mol. The molecule has 0 fully saturated rings. The molecule has 3 nitrogen and oxygen atoms in total. The maximum atomic E-state index is 4.66. The molecule has 0 radical (unpaired) electrons. The van der Waals surface area contributed by atoms with E-state index in [1.165, 1.54) is 0 Å². The first-order valence-corrected chi connectivity index (χ1v) is 5.74. The lowest BCUT2D eigenvalue weighted by atomic mass is 10.2. The predicted octanol–water partition coefficient (Wildman–Crippen LogP) is 2.40. The highest BCUT2D eigenvalue weighted by molar-refractivity contribution is 4.64. The molecule has 0 amide bonds. The SMILES string of the molecule is CCN(C(C)C)C(C)C.COCCOC. The first kappa shape index (κ1) is 17.3. The van der Waals surface area contributed by atoms with Crippen LogP contribution in [0.15, 0.2) is 0 Å². The van der Waals surface area contributed by atoms with E-state index in [0.29, 0.717) is 25.3 Å². The van der Waals surface area contributed by atoms with Gasteiger partial charge >= 0.3 is 0 Å². The van der Waals surface area contributed by atoms with Gasteiger partial charge in [-0.1, -0.05) is 6.92 Å². The molecule has 94 valence electrons. The van der Waals surface area contributed by atoms with Crippen LogP contribution in [0.5, 0.6) is 0 Å². The molecule has 0 bridgehead atoms. The maximum absolute atomic E-state index is 4.66. The van der Waals surface area contributed by atoms with Gasteiger partial charge in [0.15, 0.2) is 0 Å². The number of hydrogen-bond donors (Lipinski definition) is 0. The molecule has 0 aliphatic carbocycles. The van der Waals surface area contributed by atoms with Crippen LogP contribution in [0.3, 0.4) is 0 Å². The van der Waals surface area contributed by atoms with Crippen LogP contribution in [-0.2, 0) is 9.47 Å². The van der Waals surface area contributed by atoms with Gasteiger partial charge in [-0.2, -0.15) is 0 Å². The lowest BCUT2D eigenvalue weighted by molar-refractivity contribution is 0.103. The highest BCUT2D eigenvalue weighted by Gasteiger charge is 2.08. The van der Waals surface area contributed by atoms with Gasteiger partial charge in [-0.05, 0) is 34.2 Å². The Morgan fingerprint density at radius 3 is 1.27 bits per heavy atom. The van der Waals surface area contributed by atoms with Crippen LogP contribution in [0.25, 0.3) is 0 Å². The molecule has 3 heteroatoms. The number of rotatable bonds is 6. The van der Waals surface area contributed by atoms with Crippen molar-refractivity contribution in [3.63, 3.8) is 0 Å². The standard InChI is InChI=1S/C8H19N.C4H10O2/c1-6-9(7(2)3)8(4)5;1-5-3-4-6-2/h7-8H,6H2,1-5H3;3-4H2,1-2H3. The number of ether oxygens (including phenoxy) is 2. The number of nitrogens with zero attached hydrogens (tertiary/aromatic N) is 1. The van der Waals surface area contributed by atoms with E-state index in [-0.39, 0.29) is 0 Å². The fourth-order valence-corrected chi connectivity index (χ4v) is 1.49. The second-order valence-electron chi connectivity index (χ2n) is 4.00. The molecule has 0 saturated heterocycles. The molecule has 0 spiro atoms. The first-order chi connectivity index (χ1) is 7.01. The minimum absolute atomic E-state index is 0.690. The van der Waals surface area contributed by atoms with E-state index in [2.05, 4.69) is 49.0 Å². The molecule has 0 rings (SSSR count). The van der Waals surface area contributed by atoms with E-state index in [4.69, 9.17) is 0 Å². The second-order valence-corrected chi connectivity index (χ2v) is 4.00. The zero-order chi connectivity index (χ0) is 12.3. The van der Waals surface area contributed by atoms with Crippen molar-refractivity contribution < 1.29 is 9.47 Å². The van der Waals surface area contributed by atoms with Gasteiger partial charge in [0, 0.05) is 26.3 Å². The molecule has 15 heavy (non-hydrogen) atoms. The minimum atomic E-state index is 0.690. The molecule has 0 aliphatic heterocycles. The van der Waals surface area contributed by atoms with Crippen LogP contribution in [-0.4, -0.2) is 51.0 Å². The zero-order valence-electron chi connectivity index (χ0n) is 11.5. The topological polar surface area (TPSA) is 21.7 Å². The summed E-state index contributed by atoms with van der Waals surface area (Å²) in [5.74, 6) is 0. The van der Waals surface area contributed by atoms with Gasteiger partial charge in [0.05, 0.1) is 13.2 Å². The highest BCUT2D eigenvalue weighted by Crippen LogP contribution is 2.02. The Kier molecular flexibility index (Phi) is 13.8. The molecule has 0 atom stereocenters. The van der Waals surface area contributed by atoms with Crippen LogP contribution in [0.1, 0.15) is 34.6 Å². The first-order valence-electron chi connectivity index (χ1n) is 5.74. The van der Waals surface area contributed by atoms with Crippen LogP contribution in [0, 0.1) is 0 Å². The summed E-state index contributed by atoms with van der Waals surface area (Å²) in [4.78, 5) is 2.46. The molecule has 0 aromatic heterocycles. The van der Waals surface area contributed by atoms with Crippen LogP contribution < -0.4 is 0 Å². The fourth-order valence-electron chi connectivity index (χ4n) is 1.49. The van der Waals surface area contributed by atoms with Crippen LogP contribution in [0.2, 0.25) is 0 Å². The quantitative estimate of drug-likeness (QED) is 0.640. The van der Waals surface area contributed by atoms with Crippen LogP contribution >= 0.6 is 0 Å².